The standard InChI is InChI=1S/C16H26N4O2/c21-15(14-10-18-16(22)19-14)17-9-12-7-8-20(11-12)13-5-3-1-2-4-6-13/h10,12-13H,1-9,11H2,(H,17,21)(H2,18,19,22)/t12-/m0/s1. The van der Waals surface area contributed by atoms with Gasteiger partial charge in [0.05, 0.1) is 0 Å². The summed E-state index contributed by atoms with van der Waals surface area (Å²) in [6.45, 7) is 2.94. The van der Waals surface area contributed by atoms with E-state index in [0.717, 1.165) is 25.6 Å². The van der Waals surface area contributed by atoms with E-state index in [4.69, 9.17) is 0 Å². The summed E-state index contributed by atoms with van der Waals surface area (Å²) < 4.78 is 0. The molecular weight excluding hydrogens is 280 g/mol. The molecule has 1 aromatic rings. The van der Waals surface area contributed by atoms with E-state index in [1.54, 1.807) is 0 Å². The van der Waals surface area contributed by atoms with Crippen molar-refractivity contribution in [2.45, 2.75) is 51.0 Å². The fourth-order valence-corrected chi connectivity index (χ4v) is 3.77. The zero-order valence-corrected chi connectivity index (χ0v) is 13.1. The molecule has 2 heterocycles. The van der Waals surface area contributed by atoms with Gasteiger partial charge in [0.1, 0.15) is 5.69 Å². The van der Waals surface area contributed by atoms with Gasteiger partial charge in [-0.2, -0.15) is 0 Å². The smallest absolute Gasteiger partial charge is 0.323 e. The van der Waals surface area contributed by atoms with Crippen molar-refractivity contribution in [3.63, 3.8) is 0 Å². The summed E-state index contributed by atoms with van der Waals surface area (Å²) >= 11 is 0. The van der Waals surface area contributed by atoms with Gasteiger partial charge in [-0.15, -0.1) is 0 Å². The molecule has 1 aromatic heterocycles. The number of aromatic amines is 2. The van der Waals surface area contributed by atoms with Gasteiger partial charge < -0.3 is 20.2 Å². The quantitative estimate of drug-likeness (QED) is 0.737. The third-order valence-electron chi connectivity index (χ3n) is 5.05. The van der Waals surface area contributed by atoms with Crippen LogP contribution in [0, 0.1) is 5.92 Å². The minimum Gasteiger partial charge on any atom is -0.350 e. The van der Waals surface area contributed by atoms with Gasteiger partial charge in [0.2, 0.25) is 0 Å². The van der Waals surface area contributed by atoms with Crippen LogP contribution in [0.3, 0.4) is 0 Å². The van der Waals surface area contributed by atoms with Crippen molar-refractivity contribution < 1.29 is 4.79 Å². The lowest BCUT2D eigenvalue weighted by Crippen LogP contribution is -2.35. The van der Waals surface area contributed by atoms with Crippen LogP contribution in [0.1, 0.15) is 55.4 Å². The number of rotatable bonds is 4. The fraction of sp³-hybridized carbons (Fsp3) is 0.750. The maximum atomic E-state index is 11.9. The lowest BCUT2D eigenvalue weighted by molar-refractivity contribution is 0.0942. The van der Waals surface area contributed by atoms with E-state index in [9.17, 15) is 9.59 Å². The molecule has 0 spiro atoms. The molecule has 1 aliphatic heterocycles. The molecule has 0 unspecified atom stereocenters. The molecule has 1 saturated heterocycles. The SMILES string of the molecule is O=C(NC[C@@H]1CCN(C2CCCCCC2)C1)c1c[nH]c(=O)[nH]1. The van der Waals surface area contributed by atoms with Gasteiger partial charge in [-0.1, -0.05) is 25.7 Å². The van der Waals surface area contributed by atoms with Crippen LogP contribution in [0.15, 0.2) is 11.0 Å². The molecule has 6 heteroatoms. The van der Waals surface area contributed by atoms with Crippen LogP contribution in [0.4, 0.5) is 0 Å². The summed E-state index contributed by atoms with van der Waals surface area (Å²) in [7, 11) is 0. The number of carbonyl (C=O) groups excluding carboxylic acids is 1. The van der Waals surface area contributed by atoms with Gasteiger partial charge in [-0.3, -0.25) is 4.79 Å². The van der Waals surface area contributed by atoms with Crippen molar-refractivity contribution in [3.05, 3.63) is 22.4 Å². The van der Waals surface area contributed by atoms with E-state index in [1.807, 2.05) is 0 Å². The highest BCUT2D eigenvalue weighted by Crippen LogP contribution is 2.26. The second-order valence-corrected chi connectivity index (χ2v) is 6.66. The highest BCUT2D eigenvalue weighted by atomic mass is 16.2. The molecule has 1 amide bonds. The zero-order chi connectivity index (χ0) is 15.4. The number of hydrogen-bond acceptors (Lipinski definition) is 3. The largest absolute Gasteiger partial charge is 0.350 e. The number of aromatic nitrogens is 2. The maximum Gasteiger partial charge on any atom is 0.323 e. The number of nitrogens with zero attached hydrogens (tertiary/aromatic N) is 1. The van der Waals surface area contributed by atoms with Crippen molar-refractivity contribution in [1.29, 1.82) is 0 Å². The summed E-state index contributed by atoms with van der Waals surface area (Å²) in [5.41, 5.74) is -0.0332. The van der Waals surface area contributed by atoms with Crippen LogP contribution in [0.2, 0.25) is 0 Å². The molecule has 3 N–H and O–H groups in total. The lowest BCUT2D eigenvalue weighted by atomic mass is 10.1. The van der Waals surface area contributed by atoms with Crippen LogP contribution < -0.4 is 11.0 Å². The van der Waals surface area contributed by atoms with Gasteiger partial charge in [-0.25, -0.2) is 4.79 Å². The number of likely N-dealkylation sites (tertiary alicyclic amines) is 1. The topological polar surface area (TPSA) is 81.0 Å². The Morgan fingerprint density at radius 1 is 1.23 bits per heavy atom. The Hall–Kier alpha value is -1.56. The number of imidazole rings is 1. The molecular formula is C16H26N4O2. The first-order valence-electron chi connectivity index (χ1n) is 8.52. The molecule has 0 bridgehead atoms. The first-order chi connectivity index (χ1) is 10.7. The molecule has 22 heavy (non-hydrogen) atoms. The summed E-state index contributed by atoms with van der Waals surface area (Å²) in [5, 5.41) is 2.93. The molecule has 3 rings (SSSR count). The summed E-state index contributed by atoms with van der Waals surface area (Å²) in [5.74, 6) is 0.323. The Bertz CT molecular complexity index is 542. The average Bonchev–Trinajstić information content (AvgIpc) is 3.07. The minimum atomic E-state index is -0.342. The van der Waals surface area contributed by atoms with Crippen molar-refractivity contribution >= 4 is 5.91 Å². The van der Waals surface area contributed by atoms with Crippen LogP contribution in [0.5, 0.6) is 0 Å². The van der Waals surface area contributed by atoms with Crippen LogP contribution in [-0.2, 0) is 0 Å². The zero-order valence-electron chi connectivity index (χ0n) is 13.1. The van der Waals surface area contributed by atoms with Crippen molar-refractivity contribution in [2.24, 2.45) is 5.92 Å². The minimum absolute atomic E-state index is 0.203. The highest BCUT2D eigenvalue weighted by Gasteiger charge is 2.28. The van der Waals surface area contributed by atoms with Gasteiger partial charge in [-0.05, 0) is 31.7 Å². The van der Waals surface area contributed by atoms with E-state index in [0.29, 0.717) is 18.2 Å². The summed E-state index contributed by atoms with van der Waals surface area (Å²) in [6.07, 6.45) is 10.8. The third-order valence-corrected chi connectivity index (χ3v) is 5.05. The Morgan fingerprint density at radius 3 is 2.68 bits per heavy atom. The summed E-state index contributed by atoms with van der Waals surface area (Å²) in [6, 6.07) is 0.754. The molecule has 0 radical (unpaired) electrons. The van der Waals surface area contributed by atoms with E-state index in [-0.39, 0.29) is 11.6 Å². The predicted molar refractivity (Wildman–Crippen MR) is 84.9 cm³/mol. The summed E-state index contributed by atoms with van der Waals surface area (Å²) in [4.78, 5) is 30.5. The molecule has 1 aliphatic carbocycles. The van der Waals surface area contributed by atoms with Crippen LogP contribution >= 0.6 is 0 Å². The lowest BCUT2D eigenvalue weighted by Gasteiger charge is -2.26. The maximum absolute atomic E-state index is 11.9. The number of hydrogen-bond donors (Lipinski definition) is 3. The van der Waals surface area contributed by atoms with E-state index >= 15 is 0 Å². The highest BCUT2D eigenvalue weighted by molar-refractivity contribution is 5.91. The normalized spacial score (nSPS) is 24.3. The monoisotopic (exact) mass is 306 g/mol. The molecule has 122 valence electrons. The molecule has 2 aliphatic rings. The van der Waals surface area contributed by atoms with Crippen molar-refractivity contribution in [2.75, 3.05) is 19.6 Å². The van der Waals surface area contributed by atoms with E-state index in [1.165, 1.54) is 44.7 Å². The molecule has 1 saturated carbocycles. The Kier molecular flexibility index (Phi) is 4.97. The molecule has 2 fully saturated rings. The number of carbonyl (C=O) groups is 1. The van der Waals surface area contributed by atoms with E-state index < -0.39 is 0 Å². The van der Waals surface area contributed by atoms with E-state index in [2.05, 4.69) is 20.2 Å². The molecule has 1 atom stereocenters. The first-order valence-corrected chi connectivity index (χ1v) is 8.52. The number of H-pyrrole nitrogens is 2. The Morgan fingerprint density at radius 2 is 2.00 bits per heavy atom. The fourth-order valence-electron chi connectivity index (χ4n) is 3.77. The van der Waals surface area contributed by atoms with Crippen LogP contribution in [0.25, 0.3) is 0 Å². The number of amides is 1. The van der Waals surface area contributed by atoms with Gasteiger partial charge in [0.15, 0.2) is 0 Å². The average molecular weight is 306 g/mol. The molecule has 6 nitrogen and oxygen atoms in total. The number of nitrogens with one attached hydrogen (secondary N) is 3. The Labute approximate surface area is 130 Å². The van der Waals surface area contributed by atoms with Crippen molar-refractivity contribution in [1.82, 2.24) is 20.2 Å². The third kappa shape index (κ3) is 3.80. The van der Waals surface area contributed by atoms with Gasteiger partial charge >= 0.3 is 5.69 Å². The first kappa shape index (κ1) is 15.3. The van der Waals surface area contributed by atoms with Gasteiger partial charge in [0, 0.05) is 25.3 Å². The molecule has 0 aromatic carbocycles. The van der Waals surface area contributed by atoms with Gasteiger partial charge in [0.25, 0.3) is 5.91 Å². The second kappa shape index (κ2) is 7.13. The second-order valence-electron chi connectivity index (χ2n) is 6.66. The Balaban J connectivity index is 1.44. The van der Waals surface area contributed by atoms with Crippen molar-refractivity contribution in [3.8, 4) is 0 Å². The van der Waals surface area contributed by atoms with Crippen LogP contribution in [-0.4, -0.2) is 46.5 Å². The predicted octanol–water partition coefficient (Wildman–Crippen LogP) is 1.48.